The maximum Gasteiger partial charge on any atom is 0.159 e. The predicted octanol–water partition coefficient (Wildman–Crippen LogP) is 6.49. The van der Waals surface area contributed by atoms with Crippen molar-refractivity contribution in [3.63, 3.8) is 0 Å². The molecule has 0 aliphatic heterocycles. The van der Waals surface area contributed by atoms with Crippen LogP contribution >= 0.6 is 27.5 Å². The number of carbonyl (C=O) groups excluding carboxylic acids is 1. The maximum atomic E-state index is 11.5. The lowest BCUT2D eigenvalue weighted by Crippen LogP contribution is -2.04. The molecule has 3 rings (SSSR count). The van der Waals surface area contributed by atoms with E-state index in [0.717, 1.165) is 26.2 Å². The van der Waals surface area contributed by atoms with E-state index >= 15 is 0 Å². The first-order valence-electron chi connectivity index (χ1n) is 7.66. The first-order valence-corrected chi connectivity index (χ1v) is 8.83. The van der Waals surface area contributed by atoms with Crippen molar-refractivity contribution >= 4 is 33.3 Å². The highest BCUT2D eigenvalue weighted by atomic mass is 79.9. The SMILES string of the molecule is CC(=O)c1ccc(C(c2ccc(Cl)cc2)c2ccc(Br)cc2)cc1. The molecule has 0 N–H and O–H groups in total. The lowest BCUT2D eigenvalue weighted by atomic mass is 9.85. The van der Waals surface area contributed by atoms with E-state index in [4.69, 9.17) is 11.6 Å². The van der Waals surface area contributed by atoms with E-state index in [9.17, 15) is 4.79 Å². The molecule has 0 fully saturated rings. The predicted molar refractivity (Wildman–Crippen MR) is 103 cm³/mol. The second kappa shape index (κ2) is 7.33. The van der Waals surface area contributed by atoms with Gasteiger partial charge in [0.05, 0.1) is 0 Å². The summed E-state index contributed by atoms with van der Waals surface area (Å²) in [4.78, 5) is 11.5. The highest BCUT2D eigenvalue weighted by molar-refractivity contribution is 9.10. The van der Waals surface area contributed by atoms with Crippen LogP contribution < -0.4 is 0 Å². The molecule has 0 saturated carbocycles. The van der Waals surface area contributed by atoms with Crippen molar-refractivity contribution in [3.05, 3.63) is 105 Å². The Balaban J connectivity index is 2.08. The third-order valence-electron chi connectivity index (χ3n) is 4.06. The number of Topliss-reactive ketones (excluding diaryl/α,β-unsaturated/α-hetero) is 1. The third-order valence-corrected chi connectivity index (χ3v) is 4.84. The Bertz CT molecular complexity index is 791. The number of benzene rings is 3. The van der Waals surface area contributed by atoms with Crippen LogP contribution in [0.25, 0.3) is 0 Å². The molecule has 1 nitrogen and oxygen atoms in total. The molecular formula is C21H16BrClO. The van der Waals surface area contributed by atoms with Crippen molar-refractivity contribution in [1.29, 1.82) is 0 Å². The molecule has 0 aromatic heterocycles. The molecule has 0 radical (unpaired) electrons. The smallest absolute Gasteiger partial charge is 0.159 e. The van der Waals surface area contributed by atoms with Crippen molar-refractivity contribution in [2.45, 2.75) is 12.8 Å². The monoisotopic (exact) mass is 398 g/mol. The minimum absolute atomic E-state index is 0.0771. The first kappa shape index (κ1) is 16.9. The molecule has 0 heterocycles. The summed E-state index contributed by atoms with van der Waals surface area (Å²) < 4.78 is 1.05. The average Bonchev–Trinajstić information content (AvgIpc) is 2.59. The van der Waals surface area contributed by atoms with E-state index in [1.54, 1.807) is 6.92 Å². The van der Waals surface area contributed by atoms with E-state index in [-0.39, 0.29) is 11.7 Å². The van der Waals surface area contributed by atoms with Crippen LogP contribution in [0.15, 0.2) is 77.3 Å². The third kappa shape index (κ3) is 3.77. The van der Waals surface area contributed by atoms with Crippen LogP contribution in [0.1, 0.15) is 39.9 Å². The summed E-state index contributed by atoms with van der Waals surface area (Å²) >= 11 is 9.53. The molecule has 3 aromatic carbocycles. The van der Waals surface area contributed by atoms with Gasteiger partial charge in [-0.1, -0.05) is 76.1 Å². The second-order valence-corrected chi connectivity index (χ2v) is 7.07. The number of hydrogen-bond donors (Lipinski definition) is 0. The molecule has 1 atom stereocenters. The zero-order chi connectivity index (χ0) is 17.1. The van der Waals surface area contributed by atoms with Gasteiger partial charge in [-0.15, -0.1) is 0 Å². The Kier molecular flexibility index (Phi) is 5.17. The molecule has 0 aliphatic carbocycles. The van der Waals surface area contributed by atoms with Crippen molar-refractivity contribution in [3.8, 4) is 0 Å². The van der Waals surface area contributed by atoms with E-state index in [0.29, 0.717) is 0 Å². The summed E-state index contributed by atoms with van der Waals surface area (Å²) in [7, 11) is 0. The number of ketones is 1. The van der Waals surface area contributed by atoms with Gasteiger partial charge in [-0.3, -0.25) is 4.79 Å². The van der Waals surface area contributed by atoms with Gasteiger partial charge in [-0.25, -0.2) is 0 Å². The number of hydrogen-bond acceptors (Lipinski definition) is 1. The Morgan fingerprint density at radius 2 is 1.21 bits per heavy atom. The Morgan fingerprint density at radius 3 is 1.67 bits per heavy atom. The topological polar surface area (TPSA) is 17.1 Å². The van der Waals surface area contributed by atoms with Crippen molar-refractivity contribution in [2.75, 3.05) is 0 Å². The summed E-state index contributed by atoms with van der Waals surface area (Å²) in [6.45, 7) is 1.58. The molecule has 0 spiro atoms. The lowest BCUT2D eigenvalue weighted by molar-refractivity contribution is 0.101. The molecule has 120 valence electrons. The van der Waals surface area contributed by atoms with Crippen LogP contribution in [0.5, 0.6) is 0 Å². The molecule has 0 amide bonds. The summed E-state index contributed by atoms with van der Waals surface area (Å²) in [6.07, 6.45) is 0. The minimum atomic E-state index is 0.0771. The van der Waals surface area contributed by atoms with Crippen molar-refractivity contribution < 1.29 is 4.79 Å². The Labute approximate surface area is 155 Å². The minimum Gasteiger partial charge on any atom is -0.295 e. The molecule has 3 heteroatoms. The van der Waals surface area contributed by atoms with Crippen LogP contribution in [0.2, 0.25) is 5.02 Å². The van der Waals surface area contributed by atoms with Crippen LogP contribution in [0.3, 0.4) is 0 Å². The second-order valence-electron chi connectivity index (χ2n) is 5.71. The van der Waals surface area contributed by atoms with Gasteiger partial charge in [0, 0.05) is 21.0 Å². The Morgan fingerprint density at radius 1 is 0.792 bits per heavy atom. The molecule has 24 heavy (non-hydrogen) atoms. The molecule has 1 unspecified atom stereocenters. The number of carbonyl (C=O) groups is 1. The average molecular weight is 400 g/mol. The van der Waals surface area contributed by atoms with Gasteiger partial charge in [0.25, 0.3) is 0 Å². The Hall–Kier alpha value is -1.90. The largest absolute Gasteiger partial charge is 0.295 e. The lowest BCUT2D eigenvalue weighted by Gasteiger charge is -2.19. The van der Waals surface area contributed by atoms with Gasteiger partial charge in [0.15, 0.2) is 5.78 Å². The van der Waals surface area contributed by atoms with Crippen LogP contribution in [0.4, 0.5) is 0 Å². The van der Waals surface area contributed by atoms with E-state index in [1.807, 2.05) is 60.7 Å². The van der Waals surface area contributed by atoms with E-state index < -0.39 is 0 Å². The highest BCUT2D eigenvalue weighted by Crippen LogP contribution is 2.33. The normalized spacial score (nSPS) is 12.0. The zero-order valence-electron chi connectivity index (χ0n) is 13.2. The zero-order valence-corrected chi connectivity index (χ0v) is 15.5. The van der Waals surface area contributed by atoms with Crippen molar-refractivity contribution in [1.82, 2.24) is 0 Å². The van der Waals surface area contributed by atoms with Gasteiger partial charge in [0.1, 0.15) is 0 Å². The van der Waals surface area contributed by atoms with Crippen molar-refractivity contribution in [2.24, 2.45) is 0 Å². The fraction of sp³-hybridized carbons (Fsp3) is 0.0952. The quantitative estimate of drug-likeness (QED) is 0.362. The molecule has 3 aromatic rings. The standard InChI is InChI=1S/C21H16BrClO/c1-14(24)15-2-4-16(5-3-15)21(17-6-10-19(22)11-7-17)18-8-12-20(23)13-9-18/h2-13,21H,1H3. The summed E-state index contributed by atoms with van der Waals surface area (Å²) in [6, 6.07) is 24.1. The van der Waals surface area contributed by atoms with Crippen LogP contribution in [0, 0.1) is 0 Å². The maximum absolute atomic E-state index is 11.5. The van der Waals surface area contributed by atoms with E-state index in [2.05, 4.69) is 28.1 Å². The number of halogens is 2. The van der Waals surface area contributed by atoms with Gasteiger partial charge in [0.2, 0.25) is 0 Å². The van der Waals surface area contributed by atoms with Gasteiger partial charge < -0.3 is 0 Å². The fourth-order valence-corrected chi connectivity index (χ4v) is 3.19. The van der Waals surface area contributed by atoms with Crippen LogP contribution in [-0.2, 0) is 0 Å². The summed E-state index contributed by atoms with van der Waals surface area (Å²) in [5.41, 5.74) is 4.22. The first-order chi connectivity index (χ1) is 11.5. The molecular weight excluding hydrogens is 384 g/mol. The highest BCUT2D eigenvalue weighted by Gasteiger charge is 2.17. The van der Waals surface area contributed by atoms with E-state index in [1.165, 1.54) is 5.56 Å². The summed E-state index contributed by atoms with van der Waals surface area (Å²) in [5.74, 6) is 0.171. The van der Waals surface area contributed by atoms with Gasteiger partial charge >= 0.3 is 0 Å². The van der Waals surface area contributed by atoms with Gasteiger partial charge in [-0.2, -0.15) is 0 Å². The van der Waals surface area contributed by atoms with Gasteiger partial charge in [-0.05, 0) is 47.9 Å². The summed E-state index contributed by atoms with van der Waals surface area (Å²) in [5, 5.41) is 0.722. The molecule has 0 aliphatic rings. The van der Waals surface area contributed by atoms with Crippen LogP contribution in [-0.4, -0.2) is 5.78 Å². The number of rotatable bonds is 4. The molecule has 0 saturated heterocycles. The molecule has 0 bridgehead atoms. The fourth-order valence-electron chi connectivity index (χ4n) is 2.80.